The summed E-state index contributed by atoms with van der Waals surface area (Å²) in [6, 6.07) is 13.3. The maximum atomic E-state index is 13.7. The molecule has 3 aliphatic heterocycles. The van der Waals surface area contributed by atoms with Crippen molar-refractivity contribution < 1.29 is 28.5 Å². The highest BCUT2D eigenvalue weighted by atomic mass is 16.6. The highest BCUT2D eigenvalue weighted by molar-refractivity contribution is 5.97. The summed E-state index contributed by atoms with van der Waals surface area (Å²) >= 11 is 0. The Hall–Kier alpha value is -4.81. The first kappa shape index (κ1) is 36.5. The largest absolute Gasteiger partial charge is 0.494 e. The quantitative estimate of drug-likeness (QED) is 0.264. The normalized spacial score (nSPS) is 17.6. The van der Waals surface area contributed by atoms with Crippen LogP contribution in [-0.4, -0.2) is 76.4 Å². The van der Waals surface area contributed by atoms with Crippen molar-refractivity contribution in [3.05, 3.63) is 53.6 Å². The third kappa shape index (κ3) is 11.4. The van der Waals surface area contributed by atoms with E-state index in [1.54, 1.807) is 23.1 Å². The molecule has 3 aromatic rings. The summed E-state index contributed by atoms with van der Waals surface area (Å²) in [7, 11) is 0. The predicted molar refractivity (Wildman–Crippen MR) is 191 cm³/mol. The number of piperidine rings is 1. The van der Waals surface area contributed by atoms with Crippen LogP contribution in [0.4, 0.5) is 22.4 Å². The molecular formula is C37H51N7O6. The molecule has 3 aliphatic rings. The van der Waals surface area contributed by atoms with Crippen molar-refractivity contribution in [3.8, 4) is 17.5 Å². The molecule has 1 saturated heterocycles. The van der Waals surface area contributed by atoms with Crippen LogP contribution in [-0.2, 0) is 11.3 Å². The maximum absolute atomic E-state index is 13.7. The second kappa shape index (κ2) is 17.7. The van der Waals surface area contributed by atoms with Gasteiger partial charge in [-0.05, 0) is 83.2 Å². The van der Waals surface area contributed by atoms with Crippen LogP contribution in [0, 0.1) is 0 Å². The average Bonchev–Trinajstić information content (AvgIpc) is 3.08. The number of hydrogen-bond donors (Lipinski definition) is 3. The fourth-order valence-electron chi connectivity index (χ4n) is 5.74. The van der Waals surface area contributed by atoms with Crippen molar-refractivity contribution >= 4 is 29.6 Å². The van der Waals surface area contributed by atoms with Crippen molar-refractivity contribution in [2.45, 2.75) is 97.2 Å². The molecule has 3 N–H and O–H groups in total. The van der Waals surface area contributed by atoms with Crippen LogP contribution in [0.5, 0.6) is 17.5 Å². The van der Waals surface area contributed by atoms with Crippen molar-refractivity contribution in [3.63, 3.8) is 0 Å². The summed E-state index contributed by atoms with van der Waals surface area (Å²) in [6.07, 6.45) is 7.35. The van der Waals surface area contributed by atoms with Gasteiger partial charge in [-0.1, -0.05) is 37.8 Å². The summed E-state index contributed by atoms with van der Waals surface area (Å²) in [5, 5.41) is 9.63. The topological polar surface area (TPSA) is 149 Å². The Morgan fingerprint density at radius 2 is 1.64 bits per heavy atom. The van der Waals surface area contributed by atoms with Crippen LogP contribution < -0.4 is 30.2 Å². The molecule has 0 saturated carbocycles. The zero-order chi connectivity index (χ0) is 35.3. The predicted octanol–water partition coefficient (Wildman–Crippen LogP) is 6.87. The first-order valence-electron chi connectivity index (χ1n) is 17.8. The summed E-state index contributed by atoms with van der Waals surface area (Å²) in [5.74, 6) is 1.67. The SMILES string of the molecule is CCOc1nc2nc(n1)Nc1ccc(C(=O)NC3CCCN(C(=O)OC(C)(C)C)C3)c(c1)OCCCCCCCCOc1ccc(cc1)CN2. The van der Waals surface area contributed by atoms with Gasteiger partial charge in [0.25, 0.3) is 5.91 Å². The van der Waals surface area contributed by atoms with Gasteiger partial charge in [0.15, 0.2) is 0 Å². The molecule has 50 heavy (non-hydrogen) atoms. The van der Waals surface area contributed by atoms with E-state index in [9.17, 15) is 9.59 Å². The third-order valence-corrected chi connectivity index (χ3v) is 8.22. The summed E-state index contributed by atoms with van der Waals surface area (Å²) in [5.41, 5.74) is 1.51. The molecule has 13 heteroatoms. The molecular weight excluding hydrogens is 638 g/mol. The highest BCUT2D eigenvalue weighted by Crippen LogP contribution is 2.27. The minimum Gasteiger partial charge on any atom is -0.494 e. The lowest BCUT2D eigenvalue weighted by atomic mass is 10.0. The fourth-order valence-corrected chi connectivity index (χ4v) is 5.74. The molecule has 2 amide bonds. The number of aromatic nitrogens is 3. The Morgan fingerprint density at radius 3 is 2.38 bits per heavy atom. The molecule has 0 radical (unpaired) electrons. The van der Waals surface area contributed by atoms with E-state index >= 15 is 0 Å². The number of rotatable bonds is 4. The zero-order valence-electron chi connectivity index (χ0n) is 29.8. The van der Waals surface area contributed by atoms with Gasteiger partial charge in [-0.15, -0.1) is 0 Å². The van der Waals surface area contributed by atoms with E-state index < -0.39 is 5.60 Å². The molecule has 0 spiro atoms. The molecule has 13 nitrogen and oxygen atoms in total. The van der Waals surface area contributed by atoms with Gasteiger partial charge in [0.05, 0.1) is 25.4 Å². The first-order chi connectivity index (χ1) is 24.1. The summed E-state index contributed by atoms with van der Waals surface area (Å²) < 4.78 is 23.4. The molecule has 6 bridgehead atoms. The average molecular weight is 690 g/mol. The van der Waals surface area contributed by atoms with Gasteiger partial charge >= 0.3 is 12.1 Å². The van der Waals surface area contributed by atoms with Crippen molar-refractivity contribution in [1.82, 2.24) is 25.2 Å². The minimum atomic E-state index is -0.590. The van der Waals surface area contributed by atoms with Gasteiger partial charge in [-0.2, -0.15) is 15.0 Å². The number of anilines is 3. The van der Waals surface area contributed by atoms with E-state index in [-0.39, 0.29) is 30.0 Å². The van der Waals surface area contributed by atoms with Crippen LogP contribution in [0.3, 0.4) is 0 Å². The second-order valence-corrected chi connectivity index (χ2v) is 13.6. The first-order valence-corrected chi connectivity index (χ1v) is 17.8. The lowest BCUT2D eigenvalue weighted by molar-refractivity contribution is 0.0185. The number of ether oxygens (including phenoxy) is 4. The van der Waals surface area contributed by atoms with Gasteiger partial charge in [-0.25, -0.2) is 4.79 Å². The number of fused-ring (bicyclic) bond motifs is 12. The molecule has 4 heterocycles. The third-order valence-electron chi connectivity index (χ3n) is 8.22. The van der Waals surface area contributed by atoms with Crippen LogP contribution in [0.25, 0.3) is 0 Å². The van der Waals surface area contributed by atoms with E-state index in [4.69, 9.17) is 18.9 Å². The van der Waals surface area contributed by atoms with Gasteiger partial charge in [0.2, 0.25) is 11.9 Å². The number of hydrogen-bond acceptors (Lipinski definition) is 11. The minimum absolute atomic E-state index is 0.183. The standard InChI is InChI=1S/C37H51N7O6/c1-5-47-35-42-33-38-24-26-14-17-29(18-15-26)48-21-10-8-6-7-9-11-22-49-31-23-27(40-34(41-33)43-35)16-19-30(31)32(45)39-28-13-12-20-44(25-28)36(46)50-37(2,3)4/h14-19,23,28H,5-13,20-22,24-25H2,1-4H3,(H,39,45)(H2,38,40,41,42,43). The molecule has 270 valence electrons. The Balaban J connectivity index is 1.34. The van der Waals surface area contributed by atoms with Gasteiger partial charge in [0.1, 0.15) is 17.1 Å². The molecule has 6 rings (SSSR count). The number of carbonyl (C=O) groups is 2. The molecule has 1 atom stereocenters. The van der Waals surface area contributed by atoms with Crippen LogP contribution >= 0.6 is 0 Å². The maximum Gasteiger partial charge on any atom is 0.410 e. The van der Waals surface area contributed by atoms with Crippen molar-refractivity contribution in [1.29, 1.82) is 0 Å². The molecule has 0 aliphatic carbocycles. The van der Waals surface area contributed by atoms with Crippen molar-refractivity contribution in [2.24, 2.45) is 0 Å². The van der Waals surface area contributed by atoms with Gasteiger partial charge in [-0.3, -0.25) is 4.79 Å². The van der Waals surface area contributed by atoms with Crippen LogP contribution in [0.1, 0.15) is 95.0 Å². The number of nitrogens with one attached hydrogen (secondary N) is 3. The number of likely N-dealkylation sites (tertiary alicyclic amines) is 1. The van der Waals surface area contributed by atoms with Crippen LogP contribution in [0.15, 0.2) is 42.5 Å². The van der Waals surface area contributed by atoms with Gasteiger partial charge in [0, 0.05) is 37.4 Å². The molecule has 1 unspecified atom stereocenters. The summed E-state index contributed by atoms with van der Waals surface area (Å²) in [6.45, 7) is 10.4. The molecule has 1 fully saturated rings. The number of amides is 2. The van der Waals surface area contributed by atoms with E-state index in [0.717, 1.165) is 62.7 Å². The smallest absolute Gasteiger partial charge is 0.410 e. The zero-order valence-corrected chi connectivity index (χ0v) is 29.8. The Morgan fingerprint density at radius 1 is 0.920 bits per heavy atom. The van der Waals surface area contributed by atoms with Crippen molar-refractivity contribution in [2.75, 3.05) is 43.5 Å². The van der Waals surface area contributed by atoms with E-state index in [2.05, 4.69) is 30.9 Å². The monoisotopic (exact) mass is 689 g/mol. The number of benzene rings is 2. The molecule has 1 aromatic heterocycles. The Labute approximate surface area is 294 Å². The lowest BCUT2D eigenvalue weighted by Crippen LogP contribution is -2.50. The Bertz CT molecular complexity index is 1560. The Kier molecular flexibility index (Phi) is 12.9. The number of carbonyl (C=O) groups excluding carboxylic acids is 2. The second-order valence-electron chi connectivity index (χ2n) is 13.6. The highest BCUT2D eigenvalue weighted by Gasteiger charge is 2.29. The van der Waals surface area contributed by atoms with E-state index in [1.807, 2.05) is 52.0 Å². The fraction of sp³-hybridized carbons (Fsp3) is 0.541. The summed E-state index contributed by atoms with van der Waals surface area (Å²) in [4.78, 5) is 41.5. The molecule has 2 aromatic carbocycles. The number of nitrogens with zero attached hydrogens (tertiary/aromatic N) is 4. The van der Waals surface area contributed by atoms with E-state index in [1.165, 1.54) is 0 Å². The lowest BCUT2D eigenvalue weighted by Gasteiger charge is -2.34. The van der Waals surface area contributed by atoms with Crippen LogP contribution in [0.2, 0.25) is 0 Å². The van der Waals surface area contributed by atoms with E-state index in [0.29, 0.717) is 62.4 Å². The van der Waals surface area contributed by atoms with Gasteiger partial charge < -0.3 is 39.8 Å².